The van der Waals surface area contributed by atoms with Gasteiger partial charge in [-0.3, -0.25) is 14.9 Å². The van der Waals surface area contributed by atoms with Crippen molar-refractivity contribution in [1.29, 1.82) is 0 Å². The molecule has 1 aliphatic rings. The first-order valence-electron chi connectivity index (χ1n) is 12.7. The van der Waals surface area contributed by atoms with Gasteiger partial charge in [0.05, 0.1) is 21.2 Å². The van der Waals surface area contributed by atoms with E-state index in [1.807, 2.05) is 12.1 Å². The Morgan fingerprint density at radius 1 is 1.11 bits per heavy atom. The van der Waals surface area contributed by atoms with Crippen LogP contribution in [0.5, 0.6) is 5.75 Å². The molecule has 0 atom stereocenters. The lowest BCUT2D eigenvalue weighted by Crippen LogP contribution is -2.38. The fourth-order valence-corrected chi connectivity index (χ4v) is 6.14. The third-order valence-corrected chi connectivity index (χ3v) is 8.48. The molecule has 0 radical (unpaired) electrons. The highest BCUT2D eigenvalue weighted by atomic mass is 35.5. The molecule has 0 spiro atoms. The number of aromatic nitrogens is 1. The van der Waals surface area contributed by atoms with Gasteiger partial charge in [-0.25, -0.2) is 4.98 Å². The average Bonchev–Trinajstić information content (AvgIpc) is 3.33. The number of piperidine rings is 1. The molecule has 1 fully saturated rings. The maximum Gasteiger partial charge on any atom is 0.288 e. The number of likely N-dealkylation sites (tertiary alicyclic amines) is 1. The molecule has 1 aromatic heterocycles. The molecule has 38 heavy (non-hydrogen) atoms. The number of phenolic OH excluding ortho intramolecular Hbond substituents is 1. The summed E-state index contributed by atoms with van der Waals surface area (Å²) in [6.07, 6.45) is 1.50. The van der Waals surface area contributed by atoms with Gasteiger partial charge in [0.15, 0.2) is 0 Å². The fraction of sp³-hybridized carbons (Fsp3) is 0.448. The highest BCUT2D eigenvalue weighted by Gasteiger charge is 2.30. The van der Waals surface area contributed by atoms with E-state index in [0.29, 0.717) is 18.8 Å². The number of phenols is 1. The minimum Gasteiger partial charge on any atom is -0.507 e. The lowest BCUT2D eigenvalue weighted by Gasteiger charge is -2.31. The lowest BCUT2D eigenvalue weighted by molar-refractivity contribution is -0.384. The number of nitro groups is 1. The quantitative estimate of drug-likeness (QED) is 0.263. The number of benzene rings is 2. The fourth-order valence-electron chi connectivity index (χ4n) is 4.86. The predicted octanol–water partition coefficient (Wildman–Crippen LogP) is 7.69. The van der Waals surface area contributed by atoms with Gasteiger partial charge in [0.25, 0.3) is 11.6 Å². The number of hydrogen-bond acceptors (Lipinski definition) is 6. The molecule has 0 unspecified atom stereocenters. The van der Waals surface area contributed by atoms with E-state index >= 15 is 0 Å². The number of halogens is 1. The zero-order valence-corrected chi connectivity index (χ0v) is 24.2. The molecule has 3 aromatic rings. The second-order valence-corrected chi connectivity index (χ2v) is 13.2. The van der Waals surface area contributed by atoms with Crippen LogP contribution in [0, 0.1) is 10.1 Å². The van der Waals surface area contributed by atoms with Crippen LogP contribution in [0.15, 0.2) is 35.7 Å². The van der Waals surface area contributed by atoms with E-state index in [9.17, 15) is 20.0 Å². The van der Waals surface area contributed by atoms with E-state index in [-0.39, 0.29) is 38.9 Å². The van der Waals surface area contributed by atoms with Crippen molar-refractivity contribution in [3.63, 3.8) is 0 Å². The van der Waals surface area contributed by atoms with Crippen LogP contribution in [-0.4, -0.2) is 38.9 Å². The van der Waals surface area contributed by atoms with Crippen LogP contribution in [-0.2, 0) is 10.8 Å². The molecule has 1 aliphatic heterocycles. The first-order chi connectivity index (χ1) is 17.7. The average molecular weight is 556 g/mol. The Morgan fingerprint density at radius 3 is 2.21 bits per heavy atom. The smallest absolute Gasteiger partial charge is 0.288 e. The van der Waals surface area contributed by atoms with Crippen LogP contribution in [0.25, 0.3) is 11.3 Å². The normalized spacial score (nSPS) is 15.1. The Bertz CT molecular complexity index is 1340. The molecule has 2 heterocycles. The van der Waals surface area contributed by atoms with Crippen molar-refractivity contribution in [3.8, 4) is 17.0 Å². The Morgan fingerprint density at radius 2 is 1.68 bits per heavy atom. The maximum atomic E-state index is 13.1. The van der Waals surface area contributed by atoms with Gasteiger partial charge in [-0.05, 0) is 41.9 Å². The van der Waals surface area contributed by atoms with Gasteiger partial charge < -0.3 is 10.0 Å². The van der Waals surface area contributed by atoms with Crippen LogP contribution >= 0.6 is 22.9 Å². The maximum absolute atomic E-state index is 13.1. The van der Waals surface area contributed by atoms with E-state index in [0.717, 1.165) is 40.2 Å². The molecule has 7 nitrogen and oxygen atoms in total. The van der Waals surface area contributed by atoms with Gasteiger partial charge in [0.2, 0.25) is 0 Å². The number of hydrogen-bond donors (Lipinski definition) is 1. The van der Waals surface area contributed by atoms with Crippen molar-refractivity contribution in [2.45, 2.75) is 71.1 Å². The number of nitro benzene ring substituents is 1. The Balaban J connectivity index is 1.53. The molecule has 202 valence electrons. The number of carbonyl (C=O) groups is 1. The highest BCUT2D eigenvalue weighted by molar-refractivity contribution is 7.10. The van der Waals surface area contributed by atoms with Crippen molar-refractivity contribution in [2.24, 2.45) is 0 Å². The minimum absolute atomic E-state index is 0.118. The molecule has 0 saturated carbocycles. The molecule has 2 aromatic carbocycles. The zero-order chi connectivity index (χ0) is 28.0. The van der Waals surface area contributed by atoms with Crippen molar-refractivity contribution in [3.05, 3.63) is 72.5 Å². The molecule has 1 saturated heterocycles. The number of rotatable bonds is 4. The van der Waals surface area contributed by atoms with E-state index < -0.39 is 4.92 Å². The summed E-state index contributed by atoms with van der Waals surface area (Å²) in [6, 6.07) is 8.42. The van der Waals surface area contributed by atoms with E-state index in [1.54, 1.807) is 16.2 Å². The second kappa shape index (κ2) is 10.3. The molecule has 0 bridgehead atoms. The highest BCUT2D eigenvalue weighted by Crippen LogP contribution is 2.43. The van der Waals surface area contributed by atoms with E-state index in [4.69, 9.17) is 16.6 Å². The third-order valence-electron chi connectivity index (χ3n) is 7.08. The summed E-state index contributed by atoms with van der Waals surface area (Å²) in [4.78, 5) is 30.4. The molecule has 1 amide bonds. The largest absolute Gasteiger partial charge is 0.507 e. The Hall–Kier alpha value is -2.97. The van der Waals surface area contributed by atoms with Crippen LogP contribution < -0.4 is 0 Å². The van der Waals surface area contributed by atoms with E-state index in [1.165, 1.54) is 18.2 Å². The number of aromatic hydroxyl groups is 1. The topological polar surface area (TPSA) is 96.6 Å². The summed E-state index contributed by atoms with van der Waals surface area (Å²) >= 11 is 7.80. The summed E-state index contributed by atoms with van der Waals surface area (Å²) in [5.74, 6) is 0.287. The number of amides is 1. The monoisotopic (exact) mass is 555 g/mol. The van der Waals surface area contributed by atoms with Gasteiger partial charge in [-0.2, -0.15) is 0 Å². The minimum atomic E-state index is -0.575. The standard InChI is InChI=1S/C29H34ClN3O4S/c1-28(2,3)20-14-18(15-21(25(20)34)29(4,5)6)22-16-38-26(31-22)17-10-12-32(13-11-17)27(35)19-8-7-9-23(24(19)30)33(36)37/h7-9,14-17,34H,10-13H2,1-6H3. The Kier molecular flexibility index (Phi) is 7.60. The summed E-state index contributed by atoms with van der Waals surface area (Å²) in [5.41, 5.74) is 3.15. The predicted molar refractivity (Wildman–Crippen MR) is 153 cm³/mol. The van der Waals surface area contributed by atoms with E-state index in [2.05, 4.69) is 46.9 Å². The first-order valence-corrected chi connectivity index (χ1v) is 14.0. The summed E-state index contributed by atoms with van der Waals surface area (Å²) in [5, 5.41) is 25.3. The van der Waals surface area contributed by atoms with Crippen molar-refractivity contribution in [1.82, 2.24) is 9.88 Å². The van der Waals surface area contributed by atoms with Crippen LogP contribution in [0.2, 0.25) is 5.02 Å². The molecule has 0 aliphatic carbocycles. The lowest BCUT2D eigenvalue weighted by atomic mass is 9.78. The molecular weight excluding hydrogens is 522 g/mol. The SMILES string of the molecule is CC(C)(C)c1cc(-c2csc(C3CCN(C(=O)c4cccc([N+](=O)[O-])c4Cl)CC3)n2)cc(C(C)(C)C)c1O. The van der Waals surface area contributed by atoms with Gasteiger partial charge >= 0.3 is 0 Å². The van der Waals surface area contributed by atoms with Crippen molar-refractivity contribution < 1.29 is 14.8 Å². The second-order valence-electron chi connectivity index (χ2n) is 12.0. The number of thiazole rings is 1. The Labute approximate surface area is 232 Å². The van der Waals surface area contributed by atoms with Crippen LogP contribution in [0.1, 0.15) is 86.8 Å². The van der Waals surface area contributed by atoms with Gasteiger partial charge in [0, 0.05) is 47.1 Å². The zero-order valence-electron chi connectivity index (χ0n) is 22.7. The van der Waals surface area contributed by atoms with Crippen molar-refractivity contribution in [2.75, 3.05) is 13.1 Å². The summed E-state index contributed by atoms with van der Waals surface area (Å²) in [6.45, 7) is 13.6. The number of nitrogens with zero attached hydrogens (tertiary/aromatic N) is 3. The van der Waals surface area contributed by atoms with Gasteiger partial charge in [-0.15, -0.1) is 11.3 Å². The van der Waals surface area contributed by atoms with Gasteiger partial charge in [-0.1, -0.05) is 59.2 Å². The summed E-state index contributed by atoms with van der Waals surface area (Å²) < 4.78 is 0. The third kappa shape index (κ3) is 5.57. The first kappa shape index (κ1) is 28.0. The molecule has 1 N–H and O–H groups in total. The molecule has 9 heteroatoms. The number of carbonyl (C=O) groups excluding carboxylic acids is 1. The molecular formula is C29H34ClN3O4S. The van der Waals surface area contributed by atoms with Crippen LogP contribution in [0.3, 0.4) is 0 Å². The summed E-state index contributed by atoms with van der Waals surface area (Å²) in [7, 11) is 0. The van der Waals surface area contributed by atoms with Crippen molar-refractivity contribution >= 4 is 34.5 Å². The van der Waals surface area contributed by atoms with Gasteiger partial charge in [0.1, 0.15) is 10.8 Å². The molecule has 4 rings (SSSR count). The van der Waals surface area contributed by atoms with Crippen LogP contribution in [0.4, 0.5) is 5.69 Å².